The Kier molecular flexibility index (Phi) is 4.77. The molecule has 0 aromatic carbocycles. The first kappa shape index (κ1) is 13.0. The van der Waals surface area contributed by atoms with Gasteiger partial charge in [-0.25, -0.2) is 4.79 Å². The molecule has 1 rings (SSSR count). The molecular formula is C12H21NO3. The van der Waals surface area contributed by atoms with E-state index in [1.54, 1.807) is 0 Å². The van der Waals surface area contributed by atoms with Crippen molar-refractivity contribution in [2.45, 2.75) is 52.0 Å². The highest BCUT2D eigenvalue weighted by Gasteiger charge is 2.30. The summed E-state index contributed by atoms with van der Waals surface area (Å²) in [6.45, 7) is 3.86. The smallest absolute Gasteiger partial charge is 0.326 e. The summed E-state index contributed by atoms with van der Waals surface area (Å²) in [5.41, 5.74) is 0. The van der Waals surface area contributed by atoms with Gasteiger partial charge < -0.3 is 10.4 Å². The molecule has 0 bridgehead atoms. The molecular weight excluding hydrogens is 206 g/mol. The molecule has 4 heteroatoms. The lowest BCUT2D eigenvalue weighted by molar-refractivity contribution is -0.142. The van der Waals surface area contributed by atoms with E-state index in [-0.39, 0.29) is 11.8 Å². The molecule has 1 aliphatic rings. The molecule has 1 amide bonds. The van der Waals surface area contributed by atoms with Crippen LogP contribution in [-0.4, -0.2) is 23.0 Å². The lowest BCUT2D eigenvalue weighted by Gasteiger charge is -2.17. The number of carboxylic acids is 1. The summed E-state index contributed by atoms with van der Waals surface area (Å²) in [7, 11) is 0. The van der Waals surface area contributed by atoms with Crippen LogP contribution in [0.25, 0.3) is 0 Å². The van der Waals surface area contributed by atoms with Crippen molar-refractivity contribution in [3.05, 3.63) is 0 Å². The molecule has 1 fully saturated rings. The van der Waals surface area contributed by atoms with Crippen LogP contribution in [-0.2, 0) is 9.59 Å². The summed E-state index contributed by atoms with van der Waals surface area (Å²) < 4.78 is 0. The van der Waals surface area contributed by atoms with E-state index in [1.165, 1.54) is 0 Å². The van der Waals surface area contributed by atoms with Gasteiger partial charge in [0.15, 0.2) is 0 Å². The zero-order valence-electron chi connectivity index (χ0n) is 10.0. The Morgan fingerprint density at radius 3 is 2.50 bits per heavy atom. The van der Waals surface area contributed by atoms with Crippen molar-refractivity contribution in [3.63, 3.8) is 0 Å². The first-order valence-electron chi connectivity index (χ1n) is 6.07. The van der Waals surface area contributed by atoms with Gasteiger partial charge in [-0.15, -0.1) is 0 Å². The Morgan fingerprint density at radius 1 is 1.44 bits per heavy atom. The molecule has 1 saturated carbocycles. The fourth-order valence-corrected chi connectivity index (χ4v) is 1.79. The van der Waals surface area contributed by atoms with Crippen LogP contribution < -0.4 is 5.32 Å². The van der Waals surface area contributed by atoms with Crippen molar-refractivity contribution in [2.24, 2.45) is 11.8 Å². The van der Waals surface area contributed by atoms with Gasteiger partial charge in [0.1, 0.15) is 6.04 Å². The summed E-state index contributed by atoms with van der Waals surface area (Å²) in [6.07, 6.45) is 4.53. The highest BCUT2D eigenvalue weighted by molar-refractivity contribution is 5.84. The van der Waals surface area contributed by atoms with E-state index in [0.717, 1.165) is 25.7 Å². The summed E-state index contributed by atoms with van der Waals surface area (Å²) in [5.74, 6) is -0.632. The molecule has 0 aromatic rings. The van der Waals surface area contributed by atoms with Crippen molar-refractivity contribution in [2.75, 3.05) is 0 Å². The van der Waals surface area contributed by atoms with Crippen molar-refractivity contribution >= 4 is 11.9 Å². The third-order valence-corrected chi connectivity index (χ3v) is 3.05. The molecule has 1 aliphatic carbocycles. The van der Waals surface area contributed by atoms with Crippen molar-refractivity contribution < 1.29 is 14.7 Å². The second-order valence-electron chi connectivity index (χ2n) is 4.77. The van der Waals surface area contributed by atoms with Gasteiger partial charge in [-0.2, -0.15) is 0 Å². The number of carboxylic acid groups (broad SMARTS) is 1. The Labute approximate surface area is 96.4 Å². The highest BCUT2D eigenvalue weighted by Crippen LogP contribution is 2.33. The number of hydrogen-bond donors (Lipinski definition) is 2. The molecule has 0 saturated heterocycles. The fraction of sp³-hybridized carbons (Fsp3) is 0.833. The zero-order chi connectivity index (χ0) is 12.1. The Hall–Kier alpha value is -1.06. The van der Waals surface area contributed by atoms with E-state index in [2.05, 4.69) is 5.32 Å². The van der Waals surface area contributed by atoms with Crippen LogP contribution in [0.1, 0.15) is 46.0 Å². The highest BCUT2D eigenvalue weighted by atomic mass is 16.4. The summed E-state index contributed by atoms with van der Waals surface area (Å²) in [6, 6.07) is -0.695. The number of rotatable bonds is 7. The lowest BCUT2D eigenvalue weighted by Crippen LogP contribution is -2.43. The molecule has 0 spiro atoms. The van der Waals surface area contributed by atoms with E-state index in [0.29, 0.717) is 12.3 Å². The van der Waals surface area contributed by atoms with Crippen molar-refractivity contribution in [1.82, 2.24) is 5.32 Å². The summed E-state index contributed by atoms with van der Waals surface area (Å²) in [5, 5.41) is 11.6. The molecule has 4 nitrogen and oxygen atoms in total. The van der Waals surface area contributed by atoms with E-state index >= 15 is 0 Å². The standard InChI is InChI=1S/C12H21NO3/c1-3-4-8(2)11(14)13-10(12(15)16)7-9-5-6-9/h8-10H,3-7H2,1-2H3,(H,13,14)(H,15,16). The average molecular weight is 227 g/mol. The van der Waals surface area contributed by atoms with E-state index in [9.17, 15) is 9.59 Å². The second kappa shape index (κ2) is 5.87. The monoisotopic (exact) mass is 227 g/mol. The summed E-state index contributed by atoms with van der Waals surface area (Å²) >= 11 is 0. The molecule has 2 N–H and O–H groups in total. The van der Waals surface area contributed by atoms with Gasteiger partial charge in [0, 0.05) is 5.92 Å². The maximum absolute atomic E-state index is 11.7. The normalized spacial score (nSPS) is 18.9. The maximum Gasteiger partial charge on any atom is 0.326 e. The van der Waals surface area contributed by atoms with Crippen LogP contribution in [0.2, 0.25) is 0 Å². The molecule has 0 radical (unpaired) electrons. The number of hydrogen-bond acceptors (Lipinski definition) is 2. The predicted molar refractivity (Wildman–Crippen MR) is 61.0 cm³/mol. The third kappa shape index (κ3) is 4.21. The number of carbonyl (C=O) groups excluding carboxylic acids is 1. The molecule has 16 heavy (non-hydrogen) atoms. The minimum absolute atomic E-state index is 0.0916. The Bertz CT molecular complexity index is 261. The topological polar surface area (TPSA) is 66.4 Å². The minimum atomic E-state index is -0.913. The van der Waals surface area contributed by atoms with Crippen molar-refractivity contribution in [1.29, 1.82) is 0 Å². The number of aliphatic carboxylic acids is 1. The van der Waals surface area contributed by atoms with E-state index in [4.69, 9.17) is 5.11 Å². The van der Waals surface area contributed by atoms with Crippen LogP contribution in [0.4, 0.5) is 0 Å². The molecule has 92 valence electrons. The lowest BCUT2D eigenvalue weighted by atomic mass is 10.0. The molecule has 0 heterocycles. The molecule has 2 unspecified atom stereocenters. The second-order valence-corrected chi connectivity index (χ2v) is 4.77. The van der Waals surface area contributed by atoms with Crippen molar-refractivity contribution in [3.8, 4) is 0 Å². The van der Waals surface area contributed by atoms with Gasteiger partial charge in [0.2, 0.25) is 5.91 Å². The van der Waals surface area contributed by atoms with Gasteiger partial charge >= 0.3 is 5.97 Å². The average Bonchev–Trinajstić information content (AvgIpc) is 3.00. The van der Waals surface area contributed by atoms with Gasteiger partial charge in [-0.3, -0.25) is 4.79 Å². The quantitative estimate of drug-likeness (QED) is 0.697. The van der Waals surface area contributed by atoms with Gasteiger partial charge in [-0.1, -0.05) is 33.1 Å². The third-order valence-electron chi connectivity index (χ3n) is 3.05. The van der Waals surface area contributed by atoms with Crippen LogP contribution in [0.15, 0.2) is 0 Å². The van der Waals surface area contributed by atoms with Crippen LogP contribution >= 0.6 is 0 Å². The minimum Gasteiger partial charge on any atom is -0.480 e. The summed E-state index contributed by atoms with van der Waals surface area (Å²) in [4.78, 5) is 22.6. The van der Waals surface area contributed by atoms with Crippen LogP contribution in [0.5, 0.6) is 0 Å². The zero-order valence-corrected chi connectivity index (χ0v) is 10.0. The first-order chi connectivity index (χ1) is 7.54. The van der Waals surface area contributed by atoms with Gasteiger partial charge in [0.05, 0.1) is 0 Å². The van der Waals surface area contributed by atoms with E-state index in [1.807, 2.05) is 13.8 Å². The predicted octanol–water partition coefficient (Wildman–Crippen LogP) is 1.79. The number of carbonyl (C=O) groups is 2. The number of nitrogens with one attached hydrogen (secondary N) is 1. The maximum atomic E-state index is 11.7. The fourth-order valence-electron chi connectivity index (χ4n) is 1.79. The Morgan fingerprint density at radius 2 is 2.06 bits per heavy atom. The first-order valence-corrected chi connectivity index (χ1v) is 6.07. The van der Waals surface area contributed by atoms with Gasteiger partial charge in [0.25, 0.3) is 0 Å². The van der Waals surface area contributed by atoms with Gasteiger partial charge in [-0.05, 0) is 18.8 Å². The molecule has 0 aromatic heterocycles. The van der Waals surface area contributed by atoms with Crippen LogP contribution in [0, 0.1) is 11.8 Å². The van der Waals surface area contributed by atoms with Crippen LogP contribution in [0.3, 0.4) is 0 Å². The number of amides is 1. The van der Waals surface area contributed by atoms with E-state index < -0.39 is 12.0 Å². The molecule has 2 atom stereocenters. The SMILES string of the molecule is CCCC(C)C(=O)NC(CC1CC1)C(=O)O. The largest absolute Gasteiger partial charge is 0.480 e. The molecule has 0 aliphatic heterocycles. The Balaban J connectivity index is 2.40.